The number of rotatable bonds is 6. The van der Waals surface area contributed by atoms with Gasteiger partial charge in [0.05, 0.1) is 26.4 Å². The maximum absolute atomic E-state index is 12.7. The third-order valence-electron chi connectivity index (χ3n) is 2.62. The average Bonchev–Trinajstić information content (AvgIpc) is 2.43. The van der Waals surface area contributed by atoms with Crippen molar-refractivity contribution in [3.05, 3.63) is 0 Å². The van der Waals surface area contributed by atoms with E-state index < -0.39 is 53.4 Å². The van der Waals surface area contributed by atoms with Crippen LogP contribution >= 0.6 is 0 Å². The van der Waals surface area contributed by atoms with Crippen LogP contribution in [0.5, 0.6) is 0 Å². The minimum atomic E-state index is -5.90. The lowest BCUT2D eigenvalue weighted by Crippen LogP contribution is -2.38. The van der Waals surface area contributed by atoms with E-state index in [1.165, 1.54) is 0 Å². The van der Waals surface area contributed by atoms with E-state index in [9.17, 15) is 34.8 Å². The summed E-state index contributed by atoms with van der Waals surface area (Å²) in [5.74, 6) is 0. The second-order valence-electron chi connectivity index (χ2n) is 4.59. The van der Waals surface area contributed by atoms with Crippen LogP contribution in [0.25, 0.3) is 0 Å². The average molecular weight is 376 g/mol. The summed E-state index contributed by atoms with van der Waals surface area (Å²) in [4.78, 5) is 0. The first kappa shape index (κ1) is 22.4. The first-order valence-corrected chi connectivity index (χ1v) is 8.03. The normalized spacial score (nSPS) is 18.0. The topological polar surface area (TPSA) is 72.8 Å². The maximum atomic E-state index is 12.7. The molecule has 1 unspecified atom stereocenters. The molecule has 0 aliphatic carbocycles. The van der Waals surface area contributed by atoms with Crippen molar-refractivity contribution in [1.82, 2.24) is 0 Å². The van der Waals surface area contributed by atoms with Crippen molar-refractivity contribution in [2.75, 3.05) is 26.4 Å². The highest BCUT2D eigenvalue weighted by Crippen LogP contribution is 2.31. The lowest BCUT2D eigenvalue weighted by molar-refractivity contribution is -0.136. The Bertz CT molecular complexity index is 410. The zero-order valence-electron chi connectivity index (χ0n) is 12.0. The van der Waals surface area contributed by atoms with E-state index in [4.69, 9.17) is 14.0 Å². The Balaban J connectivity index is 0.000000664. The van der Waals surface area contributed by atoms with Crippen LogP contribution < -0.4 is 0 Å². The standard InChI is InChI=1S/C7H10F6O3S.C4H8O2/c8-5(7(12,13)17(14,15)16)3-1-2-4-6(9,10)11;1-2-6-4-3-5-1/h5H,1-4H2,(H,14,15,16);1-4H2. The second kappa shape index (κ2) is 9.64. The molecule has 1 aliphatic heterocycles. The summed E-state index contributed by atoms with van der Waals surface area (Å²) in [6.07, 6.45) is -11.2. The van der Waals surface area contributed by atoms with E-state index in [0.29, 0.717) is 0 Å². The molecule has 12 heteroatoms. The molecule has 1 N–H and O–H groups in total. The van der Waals surface area contributed by atoms with E-state index in [-0.39, 0.29) is 0 Å². The van der Waals surface area contributed by atoms with Gasteiger partial charge in [0.1, 0.15) is 0 Å². The molecule has 1 aliphatic rings. The van der Waals surface area contributed by atoms with E-state index in [0.717, 1.165) is 26.4 Å². The van der Waals surface area contributed by atoms with Gasteiger partial charge in [0.15, 0.2) is 6.17 Å². The van der Waals surface area contributed by atoms with Crippen LogP contribution in [0.2, 0.25) is 0 Å². The van der Waals surface area contributed by atoms with Crippen LogP contribution in [-0.2, 0) is 19.6 Å². The van der Waals surface area contributed by atoms with Crippen LogP contribution in [-0.4, -0.2) is 57.0 Å². The van der Waals surface area contributed by atoms with Crippen molar-refractivity contribution in [2.24, 2.45) is 0 Å². The fourth-order valence-corrected chi connectivity index (χ4v) is 1.86. The minimum Gasteiger partial charge on any atom is -0.377 e. The largest absolute Gasteiger partial charge is 0.400 e. The monoisotopic (exact) mass is 376 g/mol. The van der Waals surface area contributed by atoms with Crippen LogP contribution in [0.3, 0.4) is 0 Å². The first-order valence-electron chi connectivity index (χ1n) is 6.59. The number of unbranched alkanes of at least 4 members (excludes halogenated alkanes) is 1. The van der Waals surface area contributed by atoms with Crippen molar-refractivity contribution in [1.29, 1.82) is 0 Å². The molecule has 1 rings (SSSR count). The third-order valence-corrected chi connectivity index (χ3v) is 3.56. The Labute approximate surface area is 129 Å². The molecule has 1 saturated heterocycles. The zero-order valence-corrected chi connectivity index (χ0v) is 12.8. The Morgan fingerprint density at radius 2 is 1.39 bits per heavy atom. The highest BCUT2D eigenvalue weighted by Gasteiger charge is 2.52. The van der Waals surface area contributed by atoms with E-state index >= 15 is 0 Å². The van der Waals surface area contributed by atoms with Gasteiger partial charge in [0, 0.05) is 6.42 Å². The molecule has 0 amide bonds. The fraction of sp³-hybridized carbons (Fsp3) is 1.00. The molecule has 140 valence electrons. The van der Waals surface area contributed by atoms with Crippen LogP contribution in [0.4, 0.5) is 26.3 Å². The van der Waals surface area contributed by atoms with Crippen LogP contribution in [0.15, 0.2) is 0 Å². The first-order chi connectivity index (χ1) is 10.4. The van der Waals surface area contributed by atoms with Gasteiger partial charge >= 0.3 is 21.5 Å². The highest BCUT2D eigenvalue weighted by molar-refractivity contribution is 7.86. The predicted molar refractivity (Wildman–Crippen MR) is 67.6 cm³/mol. The molecular weight excluding hydrogens is 358 g/mol. The Kier molecular flexibility index (Phi) is 9.40. The number of halogens is 6. The minimum absolute atomic E-state index is 0.564. The van der Waals surface area contributed by atoms with E-state index in [1.54, 1.807) is 0 Å². The molecule has 0 bridgehead atoms. The Hall–Kier alpha value is -0.590. The Morgan fingerprint density at radius 1 is 0.957 bits per heavy atom. The molecule has 0 aromatic rings. The maximum Gasteiger partial charge on any atom is 0.400 e. The molecule has 5 nitrogen and oxygen atoms in total. The van der Waals surface area contributed by atoms with Gasteiger partial charge in [-0.05, 0) is 19.3 Å². The van der Waals surface area contributed by atoms with Crippen LogP contribution in [0.1, 0.15) is 25.7 Å². The Morgan fingerprint density at radius 3 is 1.70 bits per heavy atom. The smallest absolute Gasteiger partial charge is 0.377 e. The third kappa shape index (κ3) is 9.99. The van der Waals surface area contributed by atoms with Crippen molar-refractivity contribution in [2.45, 2.75) is 43.3 Å². The number of hydrogen-bond donors (Lipinski definition) is 1. The molecule has 1 atom stereocenters. The van der Waals surface area contributed by atoms with Crippen molar-refractivity contribution < 1.29 is 48.8 Å². The summed E-state index contributed by atoms with van der Waals surface area (Å²) in [7, 11) is -5.90. The molecule has 0 spiro atoms. The molecule has 1 heterocycles. The van der Waals surface area contributed by atoms with Crippen molar-refractivity contribution >= 4 is 10.1 Å². The number of hydrogen-bond acceptors (Lipinski definition) is 4. The molecule has 0 aromatic heterocycles. The van der Waals surface area contributed by atoms with Gasteiger partial charge in [0.2, 0.25) is 0 Å². The summed E-state index contributed by atoms with van der Waals surface area (Å²) in [6.45, 7) is 3.11. The highest BCUT2D eigenvalue weighted by atomic mass is 32.2. The summed E-state index contributed by atoms with van der Waals surface area (Å²) in [5.41, 5.74) is 0. The van der Waals surface area contributed by atoms with Crippen LogP contribution in [0, 0.1) is 0 Å². The molecule has 0 saturated carbocycles. The summed E-state index contributed by atoms with van der Waals surface area (Å²) < 4.78 is 111. The summed E-state index contributed by atoms with van der Waals surface area (Å²) in [6, 6.07) is 0. The summed E-state index contributed by atoms with van der Waals surface area (Å²) in [5, 5.41) is -4.99. The lowest BCUT2D eigenvalue weighted by Gasteiger charge is -2.17. The SMILES string of the molecule is C1COCCO1.O=S(=O)(O)C(F)(F)C(F)CCCCC(F)(F)F. The van der Waals surface area contributed by atoms with Gasteiger partial charge in [-0.25, -0.2) is 4.39 Å². The summed E-state index contributed by atoms with van der Waals surface area (Å²) >= 11 is 0. The van der Waals surface area contributed by atoms with Gasteiger partial charge in [-0.15, -0.1) is 0 Å². The fourth-order valence-electron chi connectivity index (χ4n) is 1.42. The quantitative estimate of drug-likeness (QED) is 0.438. The van der Waals surface area contributed by atoms with Gasteiger partial charge in [-0.1, -0.05) is 0 Å². The van der Waals surface area contributed by atoms with Crippen molar-refractivity contribution in [3.63, 3.8) is 0 Å². The second-order valence-corrected chi connectivity index (χ2v) is 6.08. The van der Waals surface area contributed by atoms with Gasteiger partial charge in [-0.2, -0.15) is 30.4 Å². The lowest BCUT2D eigenvalue weighted by atomic mass is 10.1. The molecule has 0 radical (unpaired) electrons. The van der Waals surface area contributed by atoms with Gasteiger partial charge in [-0.3, -0.25) is 4.55 Å². The molecule has 0 aromatic carbocycles. The molecule has 1 fully saturated rings. The van der Waals surface area contributed by atoms with Gasteiger partial charge in [0.25, 0.3) is 0 Å². The van der Waals surface area contributed by atoms with E-state index in [2.05, 4.69) is 0 Å². The van der Waals surface area contributed by atoms with E-state index in [1.807, 2.05) is 0 Å². The van der Waals surface area contributed by atoms with Gasteiger partial charge < -0.3 is 9.47 Å². The number of alkyl halides is 6. The molecule has 23 heavy (non-hydrogen) atoms. The number of ether oxygens (including phenoxy) is 2. The molecular formula is C11H18F6O5S. The zero-order chi connectivity index (χ0) is 18.1. The van der Waals surface area contributed by atoms with Crippen molar-refractivity contribution in [3.8, 4) is 0 Å². The predicted octanol–water partition coefficient (Wildman–Crippen LogP) is 2.96.